The number of aryl methyl sites for hydroxylation is 1. The normalized spacial score (nSPS) is 10.6. The first-order valence-electron chi connectivity index (χ1n) is 6.31. The molecule has 1 heterocycles. The van der Waals surface area contributed by atoms with Gasteiger partial charge in [0.2, 0.25) is 5.88 Å². The molecule has 0 radical (unpaired) electrons. The number of ether oxygens (including phenoxy) is 1. The van der Waals surface area contributed by atoms with Gasteiger partial charge < -0.3 is 9.84 Å². The molecule has 5 heteroatoms. The Bertz CT molecular complexity index is 622. The van der Waals surface area contributed by atoms with Crippen LogP contribution in [0.3, 0.4) is 0 Å². The van der Waals surface area contributed by atoms with Gasteiger partial charge in [0.05, 0.1) is 12.4 Å². The zero-order valence-electron chi connectivity index (χ0n) is 11.6. The van der Waals surface area contributed by atoms with Crippen LogP contribution < -0.4 is 4.74 Å². The summed E-state index contributed by atoms with van der Waals surface area (Å²) in [4.78, 5) is 18.5. The van der Waals surface area contributed by atoms with Gasteiger partial charge >= 0.3 is 5.97 Å². The van der Waals surface area contributed by atoms with Crippen molar-refractivity contribution in [3.05, 3.63) is 47.4 Å². The quantitative estimate of drug-likeness (QED) is 0.923. The van der Waals surface area contributed by atoms with Crippen molar-refractivity contribution in [3.63, 3.8) is 0 Å². The molecule has 0 aliphatic carbocycles. The standard InChI is InChI=1S/C15H16N2O3/c1-9(2)11-5-4-10(3)6-13(11)20-14-8-16-12(7-17-14)15(18)19/h4-9H,1-3H3,(H,18,19). The molecule has 5 nitrogen and oxygen atoms in total. The minimum Gasteiger partial charge on any atom is -0.476 e. The van der Waals surface area contributed by atoms with Gasteiger partial charge in [-0.05, 0) is 30.0 Å². The third-order valence-corrected chi connectivity index (χ3v) is 2.85. The van der Waals surface area contributed by atoms with Crippen LogP contribution in [0.4, 0.5) is 0 Å². The maximum absolute atomic E-state index is 10.7. The van der Waals surface area contributed by atoms with Gasteiger partial charge in [-0.1, -0.05) is 26.0 Å². The highest BCUT2D eigenvalue weighted by molar-refractivity contribution is 5.84. The van der Waals surface area contributed by atoms with Crippen molar-refractivity contribution in [1.29, 1.82) is 0 Å². The summed E-state index contributed by atoms with van der Waals surface area (Å²) in [6.45, 7) is 6.14. The summed E-state index contributed by atoms with van der Waals surface area (Å²) in [5.41, 5.74) is 2.05. The lowest BCUT2D eigenvalue weighted by Gasteiger charge is -2.13. The summed E-state index contributed by atoms with van der Waals surface area (Å²) in [5, 5.41) is 8.78. The predicted octanol–water partition coefficient (Wildman–Crippen LogP) is 3.40. The molecule has 0 atom stereocenters. The fourth-order valence-corrected chi connectivity index (χ4v) is 1.80. The number of benzene rings is 1. The molecule has 0 aliphatic rings. The van der Waals surface area contributed by atoms with Crippen molar-refractivity contribution in [2.45, 2.75) is 26.7 Å². The zero-order chi connectivity index (χ0) is 14.7. The second-order valence-corrected chi connectivity index (χ2v) is 4.84. The average Bonchev–Trinajstić information content (AvgIpc) is 2.39. The summed E-state index contributed by atoms with van der Waals surface area (Å²) < 4.78 is 5.72. The third kappa shape index (κ3) is 3.12. The summed E-state index contributed by atoms with van der Waals surface area (Å²) in [5.74, 6) is 0.208. The predicted molar refractivity (Wildman–Crippen MR) is 74.3 cm³/mol. The Hall–Kier alpha value is -2.43. The smallest absolute Gasteiger partial charge is 0.356 e. The lowest BCUT2D eigenvalue weighted by Crippen LogP contribution is -2.02. The van der Waals surface area contributed by atoms with Gasteiger partial charge in [0.25, 0.3) is 0 Å². The Balaban J connectivity index is 2.29. The molecule has 0 amide bonds. The van der Waals surface area contributed by atoms with Crippen LogP contribution in [0.25, 0.3) is 0 Å². The number of carboxylic acid groups (broad SMARTS) is 1. The maximum atomic E-state index is 10.7. The number of rotatable bonds is 4. The van der Waals surface area contributed by atoms with E-state index in [0.29, 0.717) is 5.92 Å². The van der Waals surface area contributed by atoms with Gasteiger partial charge in [0, 0.05) is 0 Å². The molecule has 1 aromatic carbocycles. The van der Waals surface area contributed by atoms with Crippen LogP contribution in [-0.2, 0) is 0 Å². The Morgan fingerprint density at radius 1 is 1.25 bits per heavy atom. The number of hydrogen-bond donors (Lipinski definition) is 1. The Morgan fingerprint density at radius 3 is 2.55 bits per heavy atom. The summed E-state index contributed by atoms with van der Waals surface area (Å²) >= 11 is 0. The number of carboxylic acids is 1. The third-order valence-electron chi connectivity index (χ3n) is 2.85. The van der Waals surface area contributed by atoms with Crippen LogP contribution in [0.5, 0.6) is 11.6 Å². The molecule has 0 fully saturated rings. The fraction of sp³-hybridized carbons (Fsp3) is 0.267. The van der Waals surface area contributed by atoms with Gasteiger partial charge in [0.15, 0.2) is 5.69 Å². The molecule has 0 bridgehead atoms. The van der Waals surface area contributed by atoms with Gasteiger partial charge in [0.1, 0.15) is 5.75 Å². The van der Waals surface area contributed by atoms with Crippen LogP contribution in [0.1, 0.15) is 41.4 Å². The van der Waals surface area contributed by atoms with Crippen LogP contribution in [0, 0.1) is 6.92 Å². The molecule has 2 rings (SSSR count). The number of carbonyl (C=O) groups is 1. The number of aromatic carboxylic acids is 1. The zero-order valence-corrected chi connectivity index (χ0v) is 11.6. The summed E-state index contributed by atoms with van der Waals surface area (Å²) in [6, 6.07) is 5.98. The molecule has 0 unspecified atom stereocenters. The molecule has 0 aliphatic heterocycles. The summed E-state index contributed by atoms with van der Waals surface area (Å²) in [6.07, 6.45) is 2.50. The van der Waals surface area contributed by atoms with Crippen LogP contribution in [0.2, 0.25) is 0 Å². The molecule has 0 saturated heterocycles. The number of nitrogens with zero attached hydrogens (tertiary/aromatic N) is 2. The minimum absolute atomic E-state index is 0.106. The maximum Gasteiger partial charge on any atom is 0.356 e. The van der Waals surface area contributed by atoms with Crippen molar-refractivity contribution in [2.24, 2.45) is 0 Å². The highest BCUT2D eigenvalue weighted by atomic mass is 16.5. The van der Waals surface area contributed by atoms with Crippen LogP contribution in [0.15, 0.2) is 30.6 Å². The first-order chi connectivity index (χ1) is 9.47. The second-order valence-electron chi connectivity index (χ2n) is 4.84. The monoisotopic (exact) mass is 272 g/mol. The van der Waals surface area contributed by atoms with Crippen molar-refractivity contribution in [2.75, 3.05) is 0 Å². The lowest BCUT2D eigenvalue weighted by molar-refractivity contribution is 0.0690. The van der Waals surface area contributed by atoms with Crippen molar-refractivity contribution in [3.8, 4) is 11.6 Å². The van der Waals surface area contributed by atoms with Gasteiger partial charge in [-0.15, -0.1) is 0 Å². The highest BCUT2D eigenvalue weighted by Crippen LogP contribution is 2.30. The molecule has 104 valence electrons. The molecule has 0 spiro atoms. The minimum atomic E-state index is -1.11. The van der Waals surface area contributed by atoms with Gasteiger partial charge in [-0.3, -0.25) is 0 Å². The van der Waals surface area contributed by atoms with E-state index in [1.807, 2.05) is 25.1 Å². The molecule has 20 heavy (non-hydrogen) atoms. The van der Waals surface area contributed by atoms with Crippen LogP contribution in [-0.4, -0.2) is 21.0 Å². The Labute approximate surface area is 117 Å². The molecular formula is C15H16N2O3. The van der Waals surface area contributed by atoms with E-state index in [9.17, 15) is 4.79 Å². The van der Waals surface area contributed by atoms with E-state index in [2.05, 4.69) is 23.8 Å². The van der Waals surface area contributed by atoms with E-state index in [1.54, 1.807) is 0 Å². The molecule has 0 saturated carbocycles. The first kappa shape index (κ1) is 14.0. The van der Waals surface area contributed by atoms with E-state index >= 15 is 0 Å². The first-order valence-corrected chi connectivity index (χ1v) is 6.31. The number of aromatic nitrogens is 2. The molecule has 1 aromatic heterocycles. The van der Waals surface area contributed by atoms with E-state index in [4.69, 9.17) is 9.84 Å². The largest absolute Gasteiger partial charge is 0.476 e. The summed E-state index contributed by atoms with van der Waals surface area (Å²) in [7, 11) is 0. The molecule has 2 aromatic rings. The van der Waals surface area contributed by atoms with Crippen molar-refractivity contribution >= 4 is 5.97 Å². The molecule has 1 N–H and O–H groups in total. The van der Waals surface area contributed by atoms with Crippen molar-refractivity contribution in [1.82, 2.24) is 9.97 Å². The number of hydrogen-bond acceptors (Lipinski definition) is 4. The fourth-order valence-electron chi connectivity index (χ4n) is 1.80. The lowest BCUT2D eigenvalue weighted by atomic mass is 10.0. The SMILES string of the molecule is Cc1ccc(C(C)C)c(Oc2cnc(C(=O)O)cn2)c1. The van der Waals surface area contributed by atoms with Crippen LogP contribution >= 0.6 is 0 Å². The Morgan fingerprint density at radius 2 is 2.00 bits per heavy atom. The average molecular weight is 272 g/mol. The van der Waals surface area contributed by atoms with Gasteiger partial charge in [-0.25, -0.2) is 14.8 Å². The molecular weight excluding hydrogens is 256 g/mol. The highest BCUT2D eigenvalue weighted by Gasteiger charge is 2.11. The van der Waals surface area contributed by atoms with E-state index in [0.717, 1.165) is 16.9 Å². The Kier molecular flexibility index (Phi) is 3.98. The van der Waals surface area contributed by atoms with E-state index < -0.39 is 5.97 Å². The van der Waals surface area contributed by atoms with Crippen molar-refractivity contribution < 1.29 is 14.6 Å². The topological polar surface area (TPSA) is 72.3 Å². The van der Waals surface area contributed by atoms with Gasteiger partial charge in [-0.2, -0.15) is 0 Å². The second kappa shape index (κ2) is 5.69. The van der Waals surface area contributed by atoms with E-state index in [1.165, 1.54) is 12.4 Å². The van der Waals surface area contributed by atoms with E-state index in [-0.39, 0.29) is 11.6 Å².